The van der Waals surface area contributed by atoms with E-state index in [4.69, 9.17) is 4.74 Å². The molecule has 0 N–H and O–H groups in total. The maximum Gasteiger partial charge on any atom is 0.305 e. The Labute approximate surface area is 179 Å². The SMILES string of the molecule is COC(=O)CC[C@H](C)[C@H]1CC[C@H]2[C@H]3C(=O)C[C@@H]4CC(=O)CC[C@]4(C)[C@@H]3CC(=O)[C@]12C. The fraction of sp³-hybridized carbons (Fsp3) is 0.840. The van der Waals surface area contributed by atoms with Gasteiger partial charge in [0.15, 0.2) is 0 Å². The molecule has 5 nitrogen and oxygen atoms in total. The summed E-state index contributed by atoms with van der Waals surface area (Å²) in [5.41, 5.74) is -0.544. The standard InChI is InChI=1S/C25H36O5/c1-14(5-8-22(29)30-4)17-6-7-18-23-19(13-21(28)25(17,18)3)24(2)10-9-16(26)11-15(24)12-20(23)27/h14-15,17-19,23H,5-13H2,1-4H3/t14-,15-,17+,18-,19+,23+,24-,25+/m0/s1. The van der Waals surface area contributed by atoms with Gasteiger partial charge in [-0.1, -0.05) is 20.8 Å². The van der Waals surface area contributed by atoms with E-state index in [1.54, 1.807) is 0 Å². The van der Waals surface area contributed by atoms with Crippen molar-refractivity contribution in [1.29, 1.82) is 0 Å². The number of carbonyl (C=O) groups is 4. The highest BCUT2D eigenvalue weighted by molar-refractivity contribution is 5.93. The second kappa shape index (κ2) is 7.56. The minimum Gasteiger partial charge on any atom is -0.469 e. The zero-order valence-corrected chi connectivity index (χ0v) is 18.9. The van der Waals surface area contributed by atoms with Crippen LogP contribution in [0.2, 0.25) is 0 Å². The Morgan fingerprint density at radius 1 is 1.10 bits per heavy atom. The number of methoxy groups -OCH3 is 1. The normalized spacial score (nSPS) is 44.1. The van der Waals surface area contributed by atoms with Gasteiger partial charge in [-0.25, -0.2) is 0 Å². The van der Waals surface area contributed by atoms with E-state index in [1.165, 1.54) is 7.11 Å². The molecule has 5 heteroatoms. The average Bonchev–Trinajstić information content (AvgIpc) is 3.06. The highest BCUT2D eigenvalue weighted by atomic mass is 16.5. The van der Waals surface area contributed by atoms with Gasteiger partial charge in [0.2, 0.25) is 0 Å². The van der Waals surface area contributed by atoms with Gasteiger partial charge >= 0.3 is 5.97 Å². The van der Waals surface area contributed by atoms with Gasteiger partial charge in [0.05, 0.1) is 7.11 Å². The summed E-state index contributed by atoms with van der Waals surface area (Å²) in [4.78, 5) is 50.7. The minimum absolute atomic E-state index is 0.0417. The first-order valence-corrected chi connectivity index (χ1v) is 11.8. The topological polar surface area (TPSA) is 77.5 Å². The Morgan fingerprint density at radius 3 is 2.53 bits per heavy atom. The molecule has 0 saturated heterocycles. The molecule has 166 valence electrons. The van der Waals surface area contributed by atoms with Crippen molar-refractivity contribution in [1.82, 2.24) is 0 Å². The molecule has 4 fully saturated rings. The smallest absolute Gasteiger partial charge is 0.305 e. The van der Waals surface area contributed by atoms with Crippen LogP contribution in [0.5, 0.6) is 0 Å². The molecule has 4 aliphatic rings. The summed E-state index contributed by atoms with van der Waals surface area (Å²) < 4.78 is 4.80. The van der Waals surface area contributed by atoms with Gasteiger partial charge in [0.25, 0.3) is 0 Å². The molecule has 0 amide bonds. The largest absolute Gasteiger partial charge is 0.469 e. The van der Waals surface area contributed by atoms with Crippen LogP contribution in [0.4, 0.5) is 0 Å². The van der Waals surface area contributed by atoms with Crippen LogP contribution in [0.15, 0.2) is 0 Å². The van der Waals surface area contributed by atoms with Crippen molar-refractivity contribution in [3.05, 3.63) is 0 Å². The van der Waals surface area contributed by atoms with Gasteiger partial charge in [0, 0.05) is 43.4 Å². The summed E-state index contributed by atoms with van der Waals surface area (Å²) in [7, 11) is 1.41. The quantitative estimate of drug-likeness (QED) is 0.643. The van der Waals surface area contributed by atoms with Crippen molar-refractivity contribution < 1.29 is 23.9 Å². The van der Waals surface area contributed by atoms with Crippen molar-refractivity contribution in [3.8, 4) is 0 Å². The molecule has 0 radical (unpaired) electrons. The zero-order chi connectivity index (χ0) is 21.8. The van der Waals surface area contributed by atoms with Crippen molar-refractivity contribution in [2.75, 3.05) is 7.11 Å². The van der Waals surface area contributed by atoms with Gasteiger partial charge < -0.3 is 4.74 Å². The van der Waals surface area contributed by atoms with Crippen LogP contribution in [-0.4, -0.2) is 30.4 Å². The summed E-state index contributed by atoms with van der Waals surface area (Å²) in [5.74, 6) is 1.41. The van der Waals surface area contributed by atoms with Crippen molar-refractivity contribution >= 4 is 23.3 Å². The van der Waals surface area contributed by atoms with E-state index in [9.17, 15) is 19.2 Å². The lowest BCUT2D eigenvalue weighted by Crippen LogP contribution is -2.60. The number of carbonyl (C=O) groups excluding carboxylic acids is 4. The van der Waals surface area contributed by atoms with Crippen LogP contribution in [-0.2, 0) is 23.9 Å². The third-order valence-electron chi connectivity index (χ3n) is 9.94. The number of fused-ring (bicyclic) bond motifs is 5. The van der Waals surface area contributed by atoms with Crippen LogP contribution in [0.25, 0.3) is 0 Å². The van der Waals surface area contributed by atoms with Crippen molar-refractivity contribution in [2.45, 2.75) is 78.6 Å². The number of hydrogen-bond acceptors (Lipinski definition) is 5. The maximum atomic E-state index is 13.7. The highest BCUT2D eigenvalue weighted by Crippen LogP contribution is 2.66. The molecular weight excluding hydrogens is 380 g/mol. The predicted molar refractivity (Wildman–Crippen MR) is 111 cm³/mol. The number of ketones is 3. The number of Topliss-reactive ketones (excluding diaryl/α,β-unsaturated/α-hetero) is 3. The van der Waals surface area contributed by atoms with Crippen LogP contribution in [0.1, 0.15) is 78.6 Å². The van der Waals surface area contributed by atoms with Gasteiger partial charge in [-0.15, -0.1) is 0 Å². The number of esters is 1. The molecule has 0 spiro atoms. The summed E-state index contributed by atoms with van der Waals surface area (Å²) in [6.07, 6.45) is 5.87. The summed E-state index contributed by atoms with van der Waals surface area (Å²) in [6, 6.07) is 0. The molecule has 0 aromatic carbocycles. The Kier molecular flexibility index (Phi) is 5.47. The molecule has 0 aliphatic heterocycles. The average molecular weight is 417 g/mol. The highest BCUT2D eigenvalue weighted by Gasteiger charge is 2.66. The fourth-order valence-electron chi connectivity index (χ4n) is 8.04. The third-order valence-corrected chi connectivity index (χ3v) is 9.94. The lowest BCUT2D eigenvalue weighted by Gasteiger charge is -2.58. The Bertz CT molecular complexity index is 772. The van der Waals surface area contributed by atoms with Crippen molar-refractivity contribution in [2.24, 2.45) is 46.3 Å². The van der Waals surface area contributed by atoms with Gasteiger partial charge in [-0.05, 0) is 60.7 Å². The number of ether oxygens (including phenoxy) is 1. The third kappa shape index (κ3) is 3.10. The van der Waals surface area contributed by atoms with Crippen LogP contribution >= 0.6 is 0 Å². The van der Waals surface area contributed by atoms with E-state index < -0.39 is 5.41 Å². The van der Waals surface area contributed by atoms with E-state index >= 15 is 0 Å². The molecule has 8 atom stereocenters. The van der Waals surface area contributed by atoms with Crippen molar-refractivity contribution in [3.63, 3.8) is 0 Å². The number of hydrogen-bond donors (Lipinski definition) is 0. The summed E-state index contributed by atoms with van der Waals surface area (Å²) in [6.45, 7) is 6.50. The molecule has 4 rings (SSSR count). The van der Waals surface area contributed by atoms with E-state index in [1.807, 2.05) is 0 Å². The molecule has 0 bridgehead atoms. The molecule has 4 saturated carbocycles. The van der Waals surface area contributed by atoms with Crippen LogP contribution < -0.4 is 0 Å². The first kappa shape index (κ1) is 21.7. The van der Waals surface area contributed by atoms with Gasteiger partial charge in [0.1, 0.15) is 17.3 Å². The fourth-order valence-corrected chi connectivity index (χ4v) is 8.04. The lowest BCUT2D eigenvalue weighted by atomic mass is 9.44. The minimum atomic E-state index is -0.472. The van der Waals surface area contributed by atoms with E-state index in [0.717, 1.165) is 25.7 Å². The lowest BCUT2D eigenvalue weighted by molar-refractivity contribution is -0.166. The van der Waals surface area contributed by atoms with Crippen LogP contribution in [0.3, 0.4) is 0 Å². The zero-order valence-electron chi connectivity index (χ0n) is 18.9. The monoisotopic (exact) mass is 416 g/mol. The van der Waals surface area contributed by atoms with Gasteiger partial charge in [-0.3, -0.25) is 19.2 Å². The molecule has 4 aliphatic carbocycles. The molecule has 0 aromatic heterocycles. The Hall–Kier alpha value is -1.52. The molecule has 0 unspecified atom stereocenters. The number of rotatable bonds is 4. The predicted octanol–water partition coefficient (Wildman–Crippen LogP) is 4.16. The summed E-state index contributed by atoms with van der Waals surface area (Å²) >= 11 is 0. The van der Waals surface area contributed by atoms with E-state index in [2.05, 4.69) is 20.8 Å². The van der Waals surface area contributed by atoms with E-state index in [0.29, 0.717) is 43.7 Å². The maximum absolute atomic E-state index is 13.7. The molecular formula is C25H36O5. The summed E-state index contributed by atoms with van der Waals surface area (Å²) in [5, 5.41) is 0. The first-order chi connectivity index (χ1) is 14.1. The second-order valence-electron chi connectivity index (χ2n) is 11.0. The molecule has 0 heterocycles. The Morgan fingerprint density at radius 2 is 1.83 bits per heavy atom. The van der Waals surface area contributed by atoms with E-state index in [-0.39, 0.29) is 52.7 Å². The second-order valence-corrected chi connectivity index (χ2v) is 11.0. The first-order valence-electron chi connectivity index (χ1n) is 11.8. The van der Waals surface area contributed by atoms with Crippen LogP contribution in [0, 0.1) is 46.3 Å². The Balaban J connectivity index is 1.60. The van der Waals surface area contributed by atoms with Gasteiger partial charge in [-0.2, -0.15) is 0 Å². The molecule has 0 aromatic rings. The molecule has 30 heavy (non-hydrogen) atoms.